The Morgan fingerprint density at radius 2 is 0.438 bits per heavy atom. The fourth-order valence-corrected chi connectivity index (χ4v) is 6.95. The summed E-state index contributed by atoms with van der Waals surface area (Å²) >= 11 is 0. The van der Waals surface area contributed by atoms with Gasteiger partial charge in [0.05, 0.1) is 24.2 Å². The largest absolute Gasteiger partial charge is 0.185 e. The zero-order valence-electron chi connectivity index (χ0n) is 29.0. The van der Waals surface area contributed by atoms with Crippen LogP contribution in [0.1, 0.15) is 149 Å². The van der Waals surface area contributed by atoms with E-state index >= 15 is 0 Å². The summed E-state index contributed by atoms with van der Waals surface area (Å²) in [6.07, 6.45) is 18.9. The van der Waals surface area contributed by atoms with E-state index in [1.165, 1.54) is 99.3 Å². The first kappa shape index (κ1) is 35.4. The lowest BCUT2D eigenvalue weighted by molar-refractivity contribution is 0.476. The zero-order chi connectivity index (χ0) is 32.9. The number of nitrogens with zero attached hydrogens (tertiary/aromatic N) is 4. The zero-order valence-corrected chi connectivity index (χ0v) is 29.0. The van der Waals surface area contributed by atoms with Gasteiger partial charge in [0.15, 0.2) is 0 Å². The number of hydrogen-bond donors (Lipinski definition) is 0. The third-order valence-corrected chi connectivity index (χ3v) is 9.84. The highest BCUT2D eigenvalue weighted by atomic mass is 15.1. The molecule has 4 unspecified atom stereocenters. The molecule has 0 saturated carbocycles. The molecule has 252 valence electrons. The van der Waals surface area contributed by atoms with Crippen molar-refractivity contribution in [3.63, 3.8) is 0 Å². The summed E-state index contributed by atoms with van der Waals surface area (Å²) in [5.41, 5.74) is 5.13. The summed E-state index contributed by atoms with van der Waals surface area (Å²) in [7, 11) is 0. The van der Waals surface area contributed by atoms with Gasteiger partial charge in [0, 0.05) is 0 Å². The van der Waals surface area contributed by atoms with Gasteiger partial charge in [-0.05, 0) is 47.9 Å². The van der Waals surface area contributed by atoms with Crippen LogP contribution in [-0.4, -0.2) is 0 Å². The standard InChI is InChI=1S/C44H56N4/c1-2-6-22-34-42(38-27-15-10-16-28-38)46-48-44(40-31-19-12-20-32-40)36-24-8-4-3-7-23-35-43(39-29-17-11-18-30-39)47-45-41(33-21-5-1)37-25-13-9-14-26-37/h9-20,25-32,41-44H,1-8,21-24,33-36H2. The number of azo groups is 2. The first-order chi connectivity index (χ1) is 23.9. The van der Waals surface area contributed by atoms with Crippen LogP contribution in [0.5, 0.6) is 0 Å². The van der Waals surface area contributed by atoms with Crippen molar-refractivity contribution in [2.75, 3.05) is 0 Å². The maximum absolute atomic E-state index is 5.06. The first-order valence-electron chi connectivity index (χ1n) is 18.9. The molecular weight excluding hydrogens is 585 g/mol. The quantitative estimate of drug-likeness (QED) is 0.213. The molecule has 4 aromatic carbocycles. The van der Waals surface area contributed by atoms with Crippen LogP contribution in [0.3, 0.4) is 0 Å². The summed E-state index contributed by atoms with van der Waals surface area (Å²) in [4.78, 5) is 0. The highest BCUT2D eigenvalue weighted by Gasteiger charge is 2.16. The molecular formula is C44H56N4. The van der Waals surface area contributed by atoms with Crippen LogP contribution in [0.25, 0.3) is 0 Å². The van der Waals surface area contributed by atoms with Crippen LogP contribution in [0.4, 0.5) is 0 Å². The van der Waals surface area contributed by atoms with Crippen LogP contribution < -0.4 is 0 Å². The fourth-order valence-electron chi connectivity index (χ4n) is 6.95. The second-order valence-electron chi connectivity index (χ2n) is 13.6. The summed E-state index contributed by atoms with van der Waals surface area (Å²) in [6, 6.07) is 43.7. The lowest BCUT2D eigenvalue weighted by Gasteiger charge is -2.17. The molecule has 0 bridgehead atoms. The average Bonchev–Trinajstić information content (AvgIpc) is 3.15. The molecule has 0 N–H and O–H groups in total. The first-order valence-corrected chi connectivity index (χ1v) is 18.9. The Labute approximate surface area is 290 Å². The lowest BCUT2D eigenvalue weighted by atomic mass is 9.98. The smallest absolute Gasteiger partial charge is 0.0957 e. The fraction of sp³-hybridized carbons (Fsp3) is 0.455. The van der Waals surface area contributed by atoms with Gasteiger partial charge in [-0.15, -0.1) is 0 Å². The number of benzene rings is 4. The Balaban J connectivity index is 1.26. The van der Waals surface area contributed by atoms with E-state index in [0.29, 0.717) is 0 Å². The molecule has 1 heterocycles. The summed E-state index contributed by atoms with van der Waals surface area (Å²) < 4.78 is 0. The Morgan fingerprint density at radius 1 is 0.250 bits per heavy atom. The molecule has 4 aromatic rings. The van der Waals surface area contributed by atoms with Crippen LogP contribution >= 0.6 is 0 Å². The molecule has 5 rings (SSSR count). The van der Waals surface area contributed by atoms with Gasteiger partial charge in [-0.2, -0.15) is 20.5 Å². The minimum Gasteiger partial charge on any atom is -0.185 e. The van der Waals surface area contributed by atoms with Gasteiger partial charge in [0.1, 0.15) is 0 Å². The predicted octanol–water partition coefficient (Wildman–Crippen LogP) is 14.1. The van der Waals surface area contributed by atoms with Crippen LogP contribution in [-0.2, 0) is 0 Å². The second kappa shape index (κ2) is 21.1. The van der Waals surface area contributed by atoms with Crippen molar-refractivity contribution in [1.82, 2.24) is 0 Å². The van der Waals surface area contributed by atoms with Crippen molar-refractivity contribution in [2.45, 2.75) is 127 Å². The molecule has 0 aromatic heterocycles. The number of hydrogen-bond acceptors (Lipinski definition) is 4. The minimum atomic E-state index is 0.125. The molecule has 48 heavy (non-hydrogen) atoms. The Hall–Kier alpha value is -3.92. The highest BCUT2D eigenvalue weighted by Crippen LogP contribution is 2.32. The molecule has 4 heteroatoms. The van der Waals surface area contributed by atoms with E-state index in [0.717, 1.165) is 25.7 Å². The lowest BCUT2D eigenvalue weighted by Crippen LogP contribution is -2.00. The van der Waals surface area contributed by atoms with Crippen molar-refractivity contribution >= 4 is 0 Å². The summed E-state index contributed by atoms with van der Waals surface area (Å²) in [6.45, 7) is 0. The molecule has 0 spiro atoms. The van der Waals surface area contributed by atoms with Gasteiger partial charge in [0.2, 0.25) is 0 Å². The van der Waals surface area contributed by atoms with Gasteiger partial charge < -0.3 is 0 Å². The summed E-state index contributed by atoms with van der Waals surface area (Å²) in [5.74, 6) is 0. The second-order valence-corrected chi connectivity index (χ2v) is 13.6. The topological polar surface area (TPSA) is 49.4 Å². The van der Waals surface area contributed by atoms with Gasteiger partial charge >= 0.3 is 0 Å². The van der Waals surface area contributed by atoms with Gasteiger partial charge in [-0.1, -0.05) is 198 Å². The molecule has 4 nitrogen and oxygen atoms in total. The molecule has 1 aliphatic heterocycles. The molecule has 1 aliphatic rings. The normalized spacial score (nSPS) is 23.2. The molecule has 0 aliphatic carbocycles. The van der Waals surface area contributed by atoms with Crippen molar-refractivity contribution in [3.05, 3.63) is 144 Å². The van der Waals surface area contributed by atoms with Crippen LogP contribution in [0.2, 0.25) is 0 Å². The molecule has 0 fully saturated rings. The third kappa shape index (κ3) is 12.3. The monoisotopic (exact) mass is 640 g/mol. The van der Waals surface area contributed by atoms with Crippen LogP contribution in [0.15, 0.2) is 142 Å². The van der Waals surface area contributed by atoms with E-state index in [1.807, 2.05) is 0 Å². The SMILES string of the molecule is c1ccc(C2CCCCCCCCC(c3ccccc3)N=NC(c3ccccc3)CCCCCCCCC(c3ccccc3)N=N2)cc1. The van der Waals surface area contributed by atoms with Crippen molar-refractivity contribution < 1.29 is 0 Å². The summed E-state index contributed by atoms with van der Waals surface area (Å²) in [5, 5.41) is 20.2. The van der Waals surface area contributed by atoms with E-state index in [1.54, 1.807) is 0 Å². The number of rotatable bonds is 4. The van der Waals surface area contributed by atoms with E-state index in [2.05, 4.69) is 121 Å². The van der Waals surface area contributed by atoms with E-state index in [4.69, 9.17) is 20.5 Å². The van der Waals surface area contributed by atoms with Gasteiger partial charge in [0.25, 0.3) is 0 Å². The Morgan fingerprint density at radius 3 is 0.646 bits per heavy atom. The maximum Gasteiger partial charge on any atom is 0.0957 e. The van der Waals surface area contributed by atoms with E-state index < -0.39 is 0 Å². The molecule has 0 radical (unpaired) electrons. The predicted molar refractivity (Wildman–Crippen MR) is 200 cm³/mol. The van der Waals surface area contributed by atoms with Crippen molar-refractivity contribution in [2.24, 2.45) is 20.5 Å². The van der Waals surface area contributed by atoms with Crippen LogP contribution in [0, 0.1) is 0 Å². The van der Waals surface area contributed by atoms with Crippen molar-refractivity contribution in [1.29, 1.82) is 0 Å². The molecule has 4 atom stereocenters. The average molecular weight is 641 g/mol. The van der Waals surface area contributed by atoms with Gasteiger partial charge in [-0.3, -0.25) is 0 Å². The Bertz CT molecular complexity index is 1210. The molecule has 0 amide bonds. The third-order valence-electron chi connectivity index (χ3n) is 9.84. The van der Waals surface area contributed by atoms with Gasteiger partial charge in [-0.25, -0.2) is 0 Å². The Kier molecular flexibility index (Phi) is 15.6. The van der Waals surface area contributed by atoms with E-state index in [9.17, 15) is 0 Å². The maximum atomic E-state index is 5.06. The highest BCUT2D eigenvalue weighted by molar-refractivity contribution is 5.22. The minimum absolute atomic E-state index is 0.125. The van der Waals surface area contributed by atoms with E-state index in [-0.39, 0.29) is 24.2 Å². The molecule has 0 saturated heterocycles. The van der Waals surface area contributed by atoms with Crippen molar-refractivity contribution in [3.8, 4) is 0 Å².